The molecule has 2 aliphatic rings. The number of fused-ring (bicyclic) bond motifs is 1. The van der Waals surface area contributed by atoms with E-state index in [1.54, 1.807) is 25.1 Å². The summed E-state index contributed by atoms with van der Waals surface area (Å²) in [6.07, 6.45) is 5.02. The molecule has 0 unspecified atom stereocenters. The van der Waals surface area contributed by atoms with Crippen molar-refractivity contribution in [1.82, 2.24) is 9.21 Å². The molecule has 0 saturated heterocycles. The summed E-state index contributed by atoms with van der Waals surface area (Å²) in [5.74, 6) is 7.53. The van der Waals surface area contributed by atoms with Gasteiger partial charge in [-0.05, 0) is 50.9 Å². The molecule has 0 radical (unpaired) electrons. The van der Waals surface area contributed by atoms with Gasteiger partial charge in [-0.25, -0.2) is 8.42 Å². The Bertz CT molecular complexity index is 960. The van der Waals surface area contributed by atoms with Crippen LogP contribution < -0.4 is 4.74 Å². The molecular formula is C26H40N2O4S. The van der Waals surface area contributed by atoms with E-state index >= 15 is 0 Å². The molecule has 1 aliphatic heterocycles. The zero-order chi connectivity index (χ0) is 24.2. The number of hydrogen-bond donors (Lipinski definition) is 1. The quantitative estimate of drug-likeness (QED) is 0.636. The van der Waals surface area contributed by atoms with E-state index in [9.17, 15) is 13.5 Å². The van der Waals surface area contributed by atoms with Gasteiger partial charge in [0.1, 0.15) is 16.7 Å². The molecule has 1 fully saturated rings. The molecule has 1 heterocycles. The number of hydrogen-bond acceptors (Lipinski definition) is 5. The Morgan fingerprint density at radius 1 is 1.21 bits per heavy atom. The highest BCUT2D eigenvalue weighted by Gasteiger charge is 2.38. The third-order valence-corrected chi connectivity index (χ3v) is 8.73. The number of nitrogens with zero attached hydrogens (tertiary/aromatic N) is 2. The van der Waals surface area contributed by atoms with E-state index in [0.717, 1.165) is 24.6 Å². The van der Waals surface area contributed by atoms with Crippen LogP contribution in [-0.2, 0) is 10.0 Å². The van der Waals surface area contributed by atoms with Gasteiger partial charge in [-0.3, -0.25) is 0 Å². The minimum absolute atomic E-state index is 0.0432. The van der Waals surface area contributed by atoms with Gasteiger partial charge < -0.3 is 14.7 Å². The molecular weight excluding hydrogens is 436 g/mol. The van der Waals surface area contributed by atoms with Crippen molar-refractivity contribution in [3.63, 3.8) is 0 Å². The number of benzene rings is 1. The summed E-state index contributed by atoms with van der Waals surface area (Å²) in [5, 5.41) is 9.79. The lowest BCUT2D eigenvalue weighted by molar-refractivity contribution is 0.0712. The molecule has 3 atom stereocenters. The number of sulfonamides is 1. The normalized spacial score (nSPS) is 24.5. The van der Waals surface area contributed by atoms with Crippen molar-refractivity contribution in [2.24, 2.45) is 17.8 Å². The minimum atomic E-state index is -3.82. The van der Waals surface area contributed by atoms with Crippen LogP contribution in [0.5, 0.6) is 5.75 Å². The van der Waals surface area contributed by atoms with Crippen molar-refractivity contribution < 1.29 is 18.3 Å². The standard InChI is InChI=1S/C26H40N2O4S/c1-19(2)10-11-22-12-13-26-24(14-22)32-25(17-27(5)16-23-8-6-7-9-23)20(3)15-28(21(4)18-29)33(26,30)31/h12-14,19-21,23,25,29H,6-9,15-18H2,1-5H3/t20-,21+,25+/m1/s1. The lowest BCUT2D eigenvalue weighted by Crippen LogP contribution is -2.49. The number of likely N-dealkylation sites (N-methyl/N-ethyl adjacent to an activating group) is 1. The molecule has 1 aromatic carbocycles. The first-order valence-corrected chi connectivity index (χ1v) is 13.7. The lowest BCUT2D eigenvalue weighted by atomic mass is 10.0. The van der Waals surface area contributed by atoms with Gasteiger partial charge in [-0.2, -0.15) is 4.31 Å². The van der Waals surface area contributed by atoms with E-state index in [1.807, 2.05) is 20.8 Å². The number of aliphatic hydroxyl groups excluding tert-OH is 1. The van der Waals surface area contributed by atoms with Crippen LogP contribution in [0.25, 0.3) is 0 Å². The molecule has 0 aromatic heterocycles. The Hall–Kier alpha value is -1.59. The van der Waals surface area contributed by atoms with Gasteiger partial charge >= 0.3 is 0 Å². The largest absolute Gasteiger partial charge is 0.487 e. The van der Waals surface area contributed by atoms with E-state index in [2.05, 4.69) is 23.8 Å². The van der Waals surface area contributed by atoms with Crippen molar-refractivity contribution in [2.75, 3.05) is 33.3 Å². The van der Waals surface area contributed by atoms with Crippen molar-refractivity contribution in [1.29, 1.82) is 0 Å². The number of ether oxygens (including phenoxy) is 1. The predicted molar refractivity (Wildman–Crippen MR) is 132 cm³/mol. The van der Waals surface area contributed by atoms with E-state index in [-0.39, 0.29) is 29.4 Å². The van der Waals surface area contributed by atoms with Crippen molar-refractivity contribution in [3.8, 4) is 17.6 Å². The molecule has 1 aromatic rings. The fourth-order valence-corrected chi connectivity index (χ4v) is 6.59. The van der Waals surface area contributed by atoms with E-state index < -0.39 is 16.1 Å². The molecule has 3 rings (SSSR count). The predicted octanol–water partition coefficient (Wildman–Crippen LogP) is 3.58. The summed E-state index contributed by atoms with van der Waals surface area (Å²) in [7, 11) is -1.69. The van der Waals surface area contributed by atoms with E-state index in [0.29, 0.717) is 12.3 Å². The summed E-state index contributed by atoms with van der Waals surface area (Å²) in [5.41, 5.74) is 0.741. The smallest absolute Gasteiger partial charge is 0.247 e. The third kappa shape index (κ3) is 6.51. The Morgan fingerprint density at radius 2 is 1.91 bits per heavy atom. The van der Waals surface area contributed by atoms with Gasteiger partial charge in [0.05, 0.1) is 6.61 Å². The Morgan fingerprint density at radius 3 is 2.55 bits per heavy atom. The molecule has 33 heavy (non-hydrogen) atoms. The second-order valence-corrected chi connectivity index (χ2v) is 12.1. The summed E-state index contributed by atoms with van der Waals surface area (Å²) < 4.78 is 35.0. The first-order valence-electron chi connectivity index (χ1n) is 12.2. The molecule has 1 aliphatic carbocycles. The molecule has 6 nitrogen and oxygen atoms in total. The van der Waals surface area contributed by atoms with Crippen molar-refractivity contribution in [3.05, 3.63) is 23.8 Å². The maximum absolute atomic E-state index is 13.5. The van der Waals surface area contributed by atoms with Gasteiger partial charge in [-0.15, -0.1) is 0 Å². The maximum Gasteiger partial charge on any atom is 0.247 e. The highest BCUT2D eigenvalue weighted by Crippen LogP contribution is 2.34. The monoisotopic (exact) mass is 476 g/mol. The van der Waals surface area contributed by atoms with Crippen LogP contribution in [0.15, 0.2) is 23.1 Å². The minimum Gasteiger partial charge on any atom is -0.487 e. The second kappa shape index (κ2) is 11.2. The molecule has 0 amide bonds. The van der Waals surface area contributed by atoms with Crippen molar-refractivity contribution >= 4 is 10.0 Å². The number of aliphatic hydroxyl groups is 1. The Labute approximate surface area is 200 Å². The van der Waals surface area contributed by atoms with Crippen LogP contribution in [0.1, 0.15) is 58.9 Å². The van der Waals surface area contributed by atoms with Crippen LogP contribution in [0.2, 0.25) is 0 Å². The molecule has 0 spiro atoms. The fraction of sp³-hybridized carbons (Fsp3) is 0.692. The van der Waals surface area contributed by atoms with Crippen LogP contribution in [0.3, 0.4) is 0 Å². The molecule has 7 heteroatoms. The van der Waals surface area contributed by atoms with Crippen LogP contribution in [0.4, 0.5) is 0 Å². The number of rotatable bonds is 6. The van der Waals surface area contributed by atoms with Gasteiger partial charge in [0, 0.05) is 43.1 Å². The average Bonchev–Trinajstić information content (AvgIpc) is 3.27. The highest BCUT2D eigenvalue weighted by molar-refractivity contribution is 7.89. The van der Waals surface area contributed by atoms with Crippen molar-refractivity contribution in [2.45, 2.75) is 70.4 Å². The summed E-state index contributed by atoms with van der Waals surface area (Å²) in [6, 6.07) is 4.58. The van der Waals surface area contributed by atoms with E-state index in [1.165, 1.54) is 30.0 Å². The van der Waals surface area contributed by atoms with Gasteiger partial charge in [0.25, 0.3) is 0 Å². The second-order valence-electron chi connectivity index (χ2n) is 10.2. The molecule has 0 bridgehead atoms. The van der Waals surface area contributed by atoms with Gasteiger partial charge in [-0.1, -0.05) is 45.5 Å². The average molecular weight is 477 g/mol. The van der Waals surface area contributed by atoms with E-state index in [4.69, 9.17) is 4.74 Å². The summed E-state index contributed by atoms with van der Waals surface area (Å²) in [4.78, 5) is 2.48. The van der Waals surface area contributed by atoms with Crippen LogP contribution in [-0.4, -0.2) is 68.2 Å². The molecule has 184 valence electrons. The van der Waals surface area contributed by atoms with Crippen LogP contribution >= 0.6 is 0 Å². The topological polar surface area (TPSA) is 70.1 Å². The van der Waals surface area contributed by atoms with Crippen LogP contribution in [0, 0.1) is 29.6 Å². The lowest BCUT2D eigenvalue weighted by Gasteiger charge is -2.38. The zero-order valence-electron chi connectivity index (χ0n) is 20.8. The SMILES string of the molecule is CC(C)C#Cc1ccc2c(c1)O[C@@H](CN(C)CC1CCCC1)[C@H](C)CN([C@@H](C)CO)S2(=O)=O. The van der Waals surface area contributed by atoms with Gasteiger partial charge in [0.15, 0.2) is 0 Å². The maximum atomic E-state index is 13.5. The first kappa shape index (κ1) is 26.0. The van der Waals surface area contributed by atoms with Gasteiger partial charge in [0.2, 0.25) is 10.0 Å². The summed E-state index contributed by atoms with van der Waals surface area (Å²) >= 11 is 0. The third-order valence-electron chi connectivity index (χ3n) is 6.71. The Kier molecular flexibility index (Phi) is 8.85. The zero-order valence-corrected chi connectivity index (χ0v) is 21.6. The Balaban J connectivity index is 1.96. The molecule has 1 N–H and O–H groups in total. The molecule has 1 saturated carbocycles. The summed E-state index contributed by atoms with van der Waals surface area (Å²) in [6.45, 7) is 9.66. The highest BCUT2D eigenvalue weighted by atomic mass is 32.2. The fourth-order valence-electron chi connectivity index (χ4n) is 4.76. The first-order chi connectivity index (χ1) is 15.6.